The maximum atomic E-state index is 12.4. The van der Waals surface area contributed by atoms with E-state index in [1.807, 2.05) is 60.7 Å². The van der Waals surface area contributed by atoms with Gasteiger partial charge in [-0.2, -0.15) is 0 Å². The lowest BCUT2D eigenvalue weighted by molar-refractivity contribution is -0.122. The summed E-state index contributed by atoms with van der Waals surface area (Å²) in [5, 5.41) is 4.33. The van der Waals surface area contributed by atoms with Gasteiger partial charge in [-0.25, -0.2) is 9.67 Å². The van der Waals surface area contributed by atoms with E-state index >= 15 is 0 Å². The number of amides is 2. The number of hydrazine groups is 1. The Morgan fingerprint density at radius 2 is 1.68 bits per heavy atom. The van der Waals surface area contributed by atoms with Gasteiger partial charge in [0.1, 0.15) is 0 Å². The number of ether oxygens (including phenoxy) is 1. The normalized spacial score (nSPS) is 10.5. The van der Waals surface area contributed by atoms with Gasteiger partial charge in [-0.3, -0.25) is 20.4 Å². The van der Waals surface area contributed by atoms with Gasteiger partial charge in [-0.1, -0.05) is 48.5 Å². The second kappa shape index (κ2) is 9.43. The lowest BCUT2D eigenvalue weighted by Gasteiger charge is -2.05. The molecule has 0 radical (unpaired) electrons. The number of nitrogens with one attached hydrogen (secondary N) is 2. The minimum Gasteiger partial charge on any atom is -0.385 e. The average molecular weight is 379 g/mol. The van der Waals surface area contributed by atoms with Crippen molar-refractivity contribution in [3.63, 3.8) is 0 Å². The van der Waals surface area contributed by atoms with E-state index < -0.39 is 5.91 Å². The number of carbonyl (C=O) groups excluding carboxylic acids is 2. The number of carbonyl (C=O) groups is 2. The predicted molar refractivity (Wildman–Crippen MR) is 104 cm³/mol. The zero-order valence-electron chi connectivity index (χ0n) is 15.5. The van der Waals surface area contributed by atoms with Gasteiger partial charge in [0.25, 0.3) is 0 Å². The van der Waals surface area contributed by atoms with Crippen molar-refractivity contribution in [1.29, 1.82) is 0 Å². The molecule has 2 aromatic carbocycles. The molecule has 8 heteroatoms. The molecule has 0 aliphatic carbocycles. The Bertz CT molecular complexity index is 869. The minimum atomic E-state index is -0.591. The summed E-state index contributed by atoms with van der Waals surface area (Å²) < 4.78 is 6.50. The molecule has 0 saturated heterocycles. The highest BCUT2D eigenvalue weighted by Crippen LogP contribution is 2.20. The molecular formula is C20H21N5O3. The summed E-state index contributed by atoms with van der Waals surface area (Å²) in [6.45, 7) is 0.477. The Labute approximate surface area is 162 Å². The van der Waals surface area contributed by atoms with Crippen molar-refractivity contribution in [2.24, 2.45) is 0 Å². The largest absolute Gasteiger partial charge is 0.385 e. The quantitative estimate of drug-likeness (QED) is 0.484. The fraction of sp³-hybridized carbons (Fsp3) is 0.200. The van der Waals surface area contributed by atoms with Crippen LogP contribution < -0.4 is 10.9 Å². The molecule has 0 aliphatic heterocycles. The fourth-order valence-corrected chi connectivity index (χ4v) is 2.55. The lowest BCUT2D eigenvalue weighted by atomic mass is 10.2. The van der Waals surface area contributed by atoms with Gasteiger partial charge in [-0.15, -0.1) is 5.10 Å². The van der Waals surface area contributed by atoms with Crippen LogP contribution in [-0.2, 0) is 9.53 Å². The van der Waals surface area contributed by atoms with Gasteiger partial charge in [-0.05, 0) is 18.6 Å². The van der Waals surface area contributed by atoms with E-state index in [4.69, 9.17) is 4.74 Å². The van der Waals surface area contributed by atoms with Crippen LogP contribution in [0.4, 0.5) is 0 Å². The molecule has 144 valence electrons. The zero-order valence-corrected chi connectivity index (χ0v) is 15.5. The summed E-state index contributed by atoms with van der Waals surface area (Å²) in [5.74, 6) is -0.411. The van der Waals surface area contributed by atoms with E-state index in [-0.39, 0.29) is 18.2 Å². The molecule has 0 unspecified atom stereocenters. The van der Waals surface area contributed by atoms with Crippen LogP contribution in [0.15, 0.2) is 60.7 Å². The van der Waals surface area contributed by atoms with E-state index in [0.717, 1.165) is 11.3 Å². The first kappa shape index (κ1) is 19.2. The van der Waals surface area contributed by atoms with E-state index in [1.54, 1.807) is 11.8 Å². The second-order valence-electron chi connectivity index (χ2n) is 5.97. The van der Waals surface area contributed by atoms with E-state index in [2.05, 4.69) is 20.9 Å². The Morgan fingerprint density at radius 3 is 2.36 bits per heavy atom. The molecule has 3 rings (SSSR count). The fourth-order valence-electron chi connectivity index (χ4n) is 2.55. The molecule has 3 aromatic rings. The highest BCUT2D eigenvalue weighted by Gasteiger charge is 2.19. The number of hydrogen-bond donors (Lipinski definition) is 2. The molecule has 0 bridgehead atoms. The Hall–Kier alpha value is -3.52. The van der Waals surface area contributed by atoms with Gasteiger partial charge in [0, 0.05) is 25.7 Å². The number of rotatable bonds is 7. The first-order valence-corrected chi connectivity index (χ1v) is 8.85. The van der Waals surface area contributed by atoms with Crippen molar-refractivity contribution in [3.05, 3.63) is 66.5 Å². The lowest BCUT2D eigenvalue weighted by Crippen LogP contribution is -2.42. The highest BCUT2D eigenvalue weighted by molar-refractivity contribution is 5.92. The highest BCUT2D eigenvalue weighted by atomic mass is 16.5. The van der Waals surface area contributed by atoms with Crippen molar-refractivity contribution in [2.45, 2.75) is 12.8 Å². The van der Waals surface area contributed by atoms with Crippen molar-refractivity contribution >= 4 is 11.8 Å². The molecule has 0 aliphatic rings. The molecule has 0 saturated carbocycles. The molecule has 0 atom stereocenters. The van der Waals surface area contributed by atoms with E-state index in [9.17, 15) is 9.59 Å². The Kier molecular flexibility index (Phi) is 6.48. The monoisotopic (exact) mass is 379 g/mol. The van der Waals surface area contributed by atoms with Gasteiger partial charge in [0.15, 0.2) is 5.82 Å². The van der Waals surface area contributed by atoms with Crippen LogP contribution in [0.5, 0.6) is 0 Å². The van der Waals surface area contributed by atoms with Gasteiger partial charge in [0.2, 0.25) is 11.7 Å². The molecule has 1 aromatic heterocycles. The third-order valence-corrected chi connectivity index (χ3v) is 3.91. The molecule has 2 N–H and O–H groups in total. The molecule has 1 heterocycles. The van der Waals surface area contributed by atoms with Crippen molar-refractivity contribution in [1.82, 2.24) is 25.6 Å². The van der Waals surface area contributed by atoms with E-state index in [1.165, 1.54) is 0 Å². The SMILES string of the molecule is COCCCC(=O)NNC(=O)c1nc(-c2ccccc2)n(-c2ccccc2)n1. The number of para-hydroxylation sites is 1. The summed E-state index contributed by atoms with van der Waals surface area (Å²) in [5.41, 5.74) is 6.31. The second-order valence-corrected chi connectivity index (χ2v) is 5.97. The number of hydrogen-bond acceptors (Lipinski definition) is 5. The first-order chi connectivity index (χ1) is 13.7. The van der Waals surface area contributed by atoms with Crippen LogP contribution in [-0.4, -0.2) is 40.3 Å². The number of nitrogens with zero attached hydrogens (tertiary/aromatic N) is 3. The molecule has 2 amide bonds. The van der Waals surface area contributed by atoms with Gasteiger partial charge < -0.3 is 4.74 Å². The van der Waals surface area contributed by atoms with Crippen molar-refractivity contribution < 1.29 is 14.3 Å². The zero-order chi connectivity index (χ0) is 19.8. The molecule has 28 heavy (non-hydrogen) atoms. The summed E-state index contributed by atoms with van der Waals surface area (Å²) in [4.78, 5) is 28.5. The van der Waals surface area contributed by atoms with Crippen LogP contribution in [0, 0.1) is 0 Å². The molecule has 0 spiro atoms. The third-order valence-electron chi connectivity index (χ3n) is 3.91. The van der Waals surface area contributed by atoms with Crippen LogP contribution in [0.3, 0.4) is 0 Å². The summed E-state index contributed by atoms with van der Waals surface area (Å²) >= 11 is 0. The van der Waals surface area contributed by atoms with Crippen LogP contribution in [0.1, 0.15) is 23.5 Å². The van der Waals surface area contributed by atoms with Gasteiger partial charge in [0.05, 0.1) is 5.69 Å². The standard InChI is InChI=1S/C20H21N5O3/c1-28-14-8-13-17(26)22-23-20(27)18-21-19(15-9-4-2-5-10-15)25(24-18)16-11-6-3-7-12-16/h2-7,9-12H,8,13-14H2,1H3,(H,22,26)(H,23,27). The summed E-state index contributed by atoms with van der Waals surface area (Å²) in [6.07, 6.45) is 0.812. The molecule has 8 nitrogen and oxygen atoms in total. The maximum absolute atomic E-state index is 12.4. The minimum absolute atomic E-state index is 0.0418. The van der Waals surface area contributed by atoms with E-state index in [0.29, 0.717) is 18.9 Å². The smallest absolute Gasteiger partial charge is 0.309 e. The first-order valence-electron chi connectivity index (χ1n) is 8.85. The maximum Gasteiger partial charge on any atom is 0.309 e. The van der Waals surface area contributed by atoms with Crippen LogP contribution in [0.25, 0.3) is 17.1 Å². The summed E-state index contributed by atoms with van der Waals surface area (Å²) in [6, 6.07) is 18.9. The van der Waals surface area contributed by atoms with Crippen molar-refractivity contribution in [3.8, 4) is 17.1 Å². The van der Waals surface area contributed by atoms with Crippen LogP contribution >= 0.6 is 0 Å². The average Bonchev–Trinajstić information content (AvgIpc) is 3.19. The number of methoxy groups -OCH3 is 1. The number of aromatic nitrogens is 3. The Morgan fingerprint density at radius 1 is 1.00 bits per heavy atom. The number of benzene rings is 2. The molecule has 0 fully saturated rings. The van der Waals surface area contributed by atoms with Gasteiger partial charge >= 0.3 is 5.91 Å². The topological polar surface area (TPSA) is 98.1 Å². The molecular weight excluding hydrogens is 358 g/mol. The summed E-state index contributed by atoms with van der Waals surface area (Å²) in [7, 11) is 1.57. The predicted octanol–water partition coefficient (Wildman–Crippen LogP) is 2.12. The Balaban J connectivity index is 1.79. The van der Waals surface area contributed by atoms with Crippen molar-refractivity contribution in [2.75, 3.05) is 13.7 Å². The van der Waals surface area contributed by atoms with Crippen LogP contribution in [0.2, 0.25) is 0 Å². The third kappa shape index (κ3) is 4.80.